The van der Waals surface area contributed by atoms with Crippen LogP contribution in [0.4, 0.5) is 0 Å². The summed E-state index contributed by atoms with van der Waals surface area (Å²) in [5, 5.41) is 0.582. The molecule has 3 aromatic rings. The van der Waals surface area contributed by atoms with E-state index in [-0.39, 0.29) is 16.8 Å². The standard InChI is InChI=1S/C19H23N3O2/c1-12-7-9-13(10-8-12)16-15-14(11-22(16)19(2,3)4)20(5)18(24)21(6)17(15)23/h7-11H,1-6H3. The summed E-state index contributed by atoms with van der Waals surface area (Å²) >= 11 is 0. The Bertz CT molecular complexity index is 1040. The minimum Gasteiger partial charge on any atom is -0.339 e. The third-order valence-electron chi connectivity index (χ3n) is 4.49. The van der Waals surface area contributed by atoms with Gasteiger partial charge in [-0.1, -0.05) is 29.8 Å². The predicted molar refractivity (Wildman–Crippen MR) is 97.6 cm³/mol. The van der Waals surface area contributed by atoms with Crippen LogP contribution in [-0.4, -0.2) is 13.7 Å². The fourth-order valence-electron chi connectivity index (χ4n) is 3.06. The van der Waals surface area contributed by atoms with Gasteiger partial charge in [0.05, 0.1) is 16.6 Å². The lowest BCUT2D eigenvalue weighted by molar-refractivity contribution is 0.403. The number of nitrogens with zero attached hydrogens (tertiary/aromatic N) is 3. The van der Waals surface area contributed by atoms with Crippen LogP contribution >= 0.6 is 0 Å². The van der Waals surface area contributed by atoms with E-state index in [4.69, 9.17) is 0 Å². The number of hydrogen-bond acceptors (Lipinski definition) is 2. The molecular weight excluding hydrogens is 302 g/mol. The number of fused-ring (bicyclic) bond motifs is 1. The second kappa shape index (κ2) is 5.23. The molecule has 3 rings (SSSR count). The lowest BCUT2D eigenvalue weighted by Crippen LogP contribution is -2.36. The number of aryl methyl sites for hydroxylation is 2. The molecule has 0 N–H and O–H groups in total. The molecule has 0 fully saturated rings. The molecule has 126 valence electrons. The minimum atomic E-state index is -0.311. The van der Waals surface area contributed by atoms with Crippen molar-refractivity contribution >= 4 is 10.9 Å². The van der Waals surface area contributed by atoms with Crippen LogP contribution in [0.25, 0.3) is 22.2 Å². The van der Waals surface area contributed by atoms with Crippen molar-refractivity contribution in [3.05, 3.63) is 56.9 Å². The molecular formula is C19H23N3O2. The third kappa shape index (κ3) is 2.31. The van der Waals surface area contributed by atoms with E-state index in [1.807, 2.05) is 37.4 Å². The Morgan fingerprint density at radius 3 is 2.04 bits per heavy atom. The van der Waals surface area contributed by atoms with Gasteiger partial charge in [0.15, 0.2) is 0 Å². The Kier molecular flexibility index (Phi) is 3.55. The number of rotatable bonds is 1. The molecule has 0 unspecified atom stereocenters. The Labute approximate surface area is 140 Å². The Morgan fingerprint density at radius 2 is 1.50 bits per heavy atom. The number of aromatic nitrogens is 3. The molecule has 0 saturated carbocycles. The van der Waals surface area contributed by atoms with E-state index < -0.39 is 0 Å². The van der Waals surface area contributed by atoms with Crippen molar-refractivity contribution in [1.82, 2.24) is 13.7 Å². The number of benzene rings is 1. The van der Waals surface area contributed by atoms with Crippen molar-refractivity contribution in [2.45, 2.75) is 33.2 Å². The van der Waals surface area contributed by atoms with Crippen molar-refractivity contribution in [2.24, 2.45) is 14.1 Å². The van der Waals surface area contributed by atoms with E-state index in [0.717, 1.165) is 16.8 Å². The maximum atomic E-state index is 12.8. The van der Waals surface area contributed by atoms with Crippen LogP contribution in [0.3, 0.4) is 0 Å². The predicted octanol–water partition coefficient (Wildman–Crippen LogP) is 2.77. The van der Waals surface area contributed by atoms with E-state index in [2.05, 4.69) is 25.3 Å². The van der Waals surface area contributed by atoms with Gasteiger partial charge in [-0.25, -0.2) is 4.79 Å². The molecule has 0 amide bonds. The monoisotopic (exact) mass is 325 g/mol. The van der Waals surface area contributed by atoms with Gasteiger partial charge in [-0.05, 0) is 33.3 Å². The quantitative estimate of drug-likeness (QED) is 0.691. The summed E-state index contributed by atoms with van der Waals surface area (Å²) in [6.45, 7) is 8.30. The summed E-state index contributed by atoms with van der Waals surface area (Å²) < 4.78 is 4.80. The summed E-state index contributed by atoms with van der Waals surface area (Å²) in [5.74, 6) is 0. The molecule has 0 aliphatic rings. The summed E-state index contributed by atoms with van der Waals surface area (Å²) in [6, 6.07) is 8.12. The largest absolute Gasteiger partial charge is 0.339 e. The van der Waals surface area contributed by atoms with Crippen molar-refractivity contribution < 1.29 is 0 Å². The van der Waals surface area contributed by atoms with Crippen LogP contribution in [0, 0.1) is 6.92 Å². The van der Waals surface area contributed by atoms with Crippen LogP contribution in [-0.2, 0) is 19.6 Å². The fraction of sp³-hybridized carbons (Fsp3) is 0.368. The maximum absolute atomic E-state index is 12.8. The van der Waals surface area contributed by atoms with Gasteiger partial charge in [0.2, 0.25) is 0 Å². The topological polar surface area (TPSA) is 48.9 Å². The molecule has 24 heavy (non-hydrogen) atoms. The van der Waals surface area contributed by atoms with Crippen molar-refractivity contribution in [2.75, 3.05) is 0 Å². The van der Waals surface area contributed by atoms with Gasteiger partial charge in [-0.15, -0.1) is 0 Å². The van der Waals surface area contributed by atoms with Crippen molar-refractivity contribution in [3.8, 4) is 11.3 Å². The zero-order valence-corrected chi connectivity index (χ0v) is 15.0. The van der Waals surface area contributed by atoms with Crippen LogP contribution in [0.15, 0.2) is 40.1 Å². The van der Waals surface area contributed by atoms with Crippen molar-refractivity contribution in [1.29, 1.82) is 0 Å². The van der Waals surface area contributed by atoms with E-state index in [0.29, 0.717) is 10.9 Å². The van der Waals surface area contributed by atoms with Crippen LogP contribution in [0.5, 0.6) is 0 Å². The third-order valence-corrected chi connectivity index (χ3v) is 4.49. The summed E-state index contributed by atoms with van der Waals surface area (Å²) in [7, 11) is 3.23. The molecule has 0 aliphatic heterocycles. The van der Waals surface area contributed by atoms with Crippen LogP contribution < -0.4 is 11.2 Å². The average molecular weight is 325 g/mol. The van der Waals surface area contributed by atoms with Gasteiger partial charge in [-0.2, -0.15) is 0 Å². The zero-order valence-electron chi connectivity index (χ0n) is 15.0. The van der Waals surface area contributed by atoms with E-state index in [1.165, 1.54) is 16.2 Å². The second-order valence-electron chi connectivity index (χ2n) is 7.35. The molecule has 0 atom stereocenters. The minimum absolute atomic E-state index is 0.222. The normalized spacial score (nSPS) is 12.1. The molecule has 2 aromatic heterocycles. The highest BCUT2D eigenvalue weighted by Gasteiger charge is 2.24. The van der Waals surface area contributed by atoms with Gasteiger partial charge < -0.3 is 4.57 Å². The molecule has 2 heterocycles. The maximum Gasteiger partial charge on any atom is 0.330 e. The molecule has 0 bridgehead atoms. The van der Waals surface area contributed by atoms with Crippen LogP contribution in [0.1, 0.15) is 26.3 Å². The van der Waals surface area contributed by atoms with E-state index >= 15 is 0 Å². The van der Waals surface area contributed by atoms with Gasteiger partial charge in [0, 0.05) is 25.8 Å². The molecule has 0 radical (unpaired) electrons. The fourth-order valence-corrected chi connectivity index (χ4v) is 3.06. The Morgan fingerprint density at radius 1 is 0.917 bits per heavy atom. The first kappa shape index (κ1) is 16.3. The summed E-state index contributed by atoms with van der Waals surface area (Å²) in [6.07, 6.45) is 1.91. The highest BCUT2D eigenvalue weighted by molar-refractivity contribution is 5.93. The Balaban J connectivity index is 2.57. The van der Waals surface area contributed by atoms with Crippen molar-refractivity contribution in [3.63, 3.8) is 0 Å². The SMILES string of the molecule is Cc1ccc(-c2c3c(=O)n(C)c(=O)n(C)c3cn2C(C)(C)C)cc1. The summed E-state index contributed by atoms with van der Waals surface area (Å²) in [4.78, 5) is 25.1. The summed E-state index contributed by atoms with van der Waals surface area (Å²) in [5.41, 5.74) is 2.86. The van der Waals surface area contributed by atoms with Crippen LogP contribution in [0.2, 0.25) is 0 Å². The number of hydrogen-bond donors (Lipinski definition) is 0. The van der Waals surface area contributed by atoms with E-state index in [1.54, 1.807) is 7.05 Å². The highest BCUT2D eigenvalue weighted by Crippen LogP contribution is 2.32. The smallest absolute Gasteiger partial charge is 0.330 e. The van der Waals surface area contributed by atoms with Gasteiger partial charge in [0.1, 0.15) is 0 Å². The van der Waals surface area contributed by atoms with Gasteiger partial charge in [-0.3, -0.25) is 13.9 Å². The first-order valence-electron chi connectivity index (χ1n) is 8.01. The molecule has 1 aromatic carbocycles. The average Bonchev–Trinajstić information content (AvgIpc) is 2.92. The lowest BCUT2D eigenvalue weighted by atomic mass is 10.0. The zero-order chi connectivity index (χ0) is 17.8. The van der Waals surface area contributed by atoms with Gasteiger partial charge in [0.25, 0.3) is 5.56 Å². The first-order valence-corrected chi connectivity index (χ1v) is 8.01. The molecule has 0 saturated heterocycles. The molecule has 5 heteroatoms. The molecule has 5 nitrogen and oxygen atoms in total. The highest BCUT2D eigenvalue weighted by atomic mass is 16.2. The lowest BCUT2D eigenvalue weighted by Gasteiger charge is -2.24. The Hall–Kier alpha value is -2.56. The molecule has 0 spiro atoms. The van der Waals surface area contributed by atoms with E-state index in [9.17, 15) is 9.59 Å². The molecule has 0 aliphatic carbocycles. The first-order chi connectivity index (χ1) is 11.1. The second-order valence-corrected chi connectivity index (χ2v) is 7.35. The van der Waals surface area contributed by atoms with Gasteiger partial charge >= 0.3 is 5.69 Å².